The summed E-state index contributed by atoms with van der Waals surface area (Å²) in [6, 6.07) is 0. The second-order valence-electron chi connectivity index (χ2n) is 5.93. The Labute approximate surface area is 108 Å². The van der Waals surface area contributed by atoms with Gasteiger partial charge >= 0.3 is 0 Å². The summed E-state index contributed by atoms with van der Waals surface area (Å²) in [4.78, 5) is 14.0. The van der Waals surface area contributed by atoms with Crippen LogP contribution in [0.2, 0.25) is 0 Å². The molecule has 3 N–H and O–H groups in total. The van der Waals surface area contributed by atoms with Crippen molar-refractivity contribution in [3.05, 3.63) is 0 Å². The fourth-order valence-electron chi connectivity index (χ4n) is 2.70. The Morgan fingerprint density at radius 1 is 1.44 bits per heavy atom. The molecule has 0 aromatic rings. The van der Waals surface area contributed by atoms with E-state index in [1.165, 1.54) is 19.3 Å². The van der Waals surface area contributed by atoms with E-state index in [1.807, 2.05) is 11.8 Å². The van der Waals surface area contributed by atoms with E-state index >= 15 is 0 Å². The molecule has 1 amide bonds. The molecule has 1 saturated carbocycles. The zero-order chi connectivity index (χ0) is 13.2. The number of nitrogens with two attached hydrogens (primary N) is 1. The predicted molar refractivity (Wildman–Crippen MR) is 69.3 cm³/mol. The number of nitrogens with zero attached hydrogens (tertiary/aromatic N) is 2. The van der Waals surface area contributed by atoms with Crippen LogP contribution in [0.5, 0.6) is 0 Å². The topological polar surface area (TPSA) is 78.9 Å². The van der Waals surface area contributed by atoms with Crippen LogP contribution >= 0.6 is 0 Å². The molecule has 0 unspecified atom stereocenters. The monoisotopic (exact) mass is 253 g/mol. The van der Waals surface area contributed by atoms with E-state index in [2.05, 4.69) is 5.16 Å². The highest BCUT2D eigenvalue weighted by molar-refractivity contribution is 5.86. The lowest BCUT2D eigenvalue weighted by atomic mass is 9.78. The van der Waals surface area contributed by atoms with Crippen molar-refractivity contribution >= 4 is 11.7 Å². The van der Waals surface area contributed by atoms with Crippen LogP contribution in [-0.4, -0.2) is 34.9 Å². The highest BCUT2D eigenvalue weighted by atomic mass is 16.4. The molecule has 5 heteroatoms. The van der Waals surface area contributed by atoms with Gasteiger partial charge in [-0.25, -0.2) is 0 Å². The van der Waals surface area contributed by atoms with Crippen molar-refractivity contribution in [2.75, 3.05) is 13.1 Å². The summed E-state index contributed by atoms with van der Waals surface area (Å²) in [5.41, 5.74) is 5.45. The maximum Gasteiger partial charge on any atom is 0.222 e. The third-order valence-corrected chi connectivity index (χ3v) is 4.63. The van der Waals surface area contributed by atoms with E-state index < -0.39 is 0 Å². The Bertz CT molecular complexity index is 342. The first-order valence-corrected chi connectivity index (χ1v) is 6.81. The third kappa shape index (κ3) is 2.60. The normalized spacial score (nSPS) is 24.7. The maximum absolute atomic E-state index is 12.1. The molecule has 0 atom stereocenters. The van der Waals surface area contributed by atoms with Crippen LogP contribution in [0.25, 0.3) is 0 Å². The minimum absolute atomic E-state index is 0.262. The molecule has 0 aromatic heterocycles. The predicted octanol–water partition coefficient (Wildman–Crippen LogP) is 1.55. The smallest absolute Gasteiger partial charge is 0.222 e. The lowest BCUT2D eigenvalue weighted by Crippen LogP contribution is -2.47. The number of hydrogen-bond donors (Lipinski definition) is 2. The maximum atomic E-state index is 12.1. The molecule has 2 aliphatic rings. The molecule has 0 bridgehead atoms. The largest absolute Gasteiger partial charge is 0.409 e. The Hall–Kier alpha value is -1.26. The minimum Gasteiger partial charge on any atom is -0.409 e. The van der Waals surface area contributed by atoms with E-state index in [9.17, 15) is 4.79 Å². The molecule has 1 aliphatic heterocycles. The standard InChI is InChI=1S/C13H23N3O2/c1-13(12(14)15-18)5-7-16(8-6-13)11(17)9-10-3-2-4-10/h10,18H,2-9H2,1H3,(H2,14,15). The van der Waals surface area contributed by atoms with Gasteiger partial charge in [-0.15, -0.1) is 0 Å². The number of hydrogen-bond acceptors (Lipinski definition) is 3. The Morgan fingerprint density at radius 2 is 2.06 bits per heavy atom. The van der Waals surface area contributed by atoms with Crippen molar-refractivity contribution in [2.24, 2.45) is 22.2 Å². The number of amidine groups is 1. The SMILES string of the molecule is CC1(C(N)=NO)CCN(C(=O)CC2CCC2)CC1. The number of carbonyl (C=O) groups is 1. The minimum atomic E-state index is -0.262. The van der Waals surface area contributed by atoms with Gasteiger partial charge in [0.1, 0.15) is 5.84 Å². The van der Waals surface area contributed by atoms with Crippen molar-refractivity contribution in [3.63, 3.8) is 0 Å². The number of oxime groups is 1. The second-order valence-corrected chi connectivity index (χ2v) is 5.93. The highest BCUT2D eigenvalue weighted by Gasteiger charge is 2.36. The number of piperidine rings is 1. The first kappa shape index (κ1) is 13.2. The lowest BCUT2D eigenvalue weighted by Gasteiger charge is -2.39. The average molecular weight is 253 g/mol. The molecule has 18 heavy (non-hydrogen) atoms. The van der Waals surface area contributed by atoms with Crippen molar-refractivity contribution in [2.45, 2.75) is 45.4 Å². The zero-order valence-corrected chi connectivity index (χ0v) is 11.1. The van der Waals surface area contributed by atoms with E-state index in [1.54, 1.807) is 0 Å². The van der Waals surface area contributed by atoms with Crippen LogP contribution in [0, 0.1) is 11.3 Å². The molecule has 1 heterocycles. The van der Waals surface area contributed by atoms with Crippen LogP contribution in [0.1, 0.15) is 45.4 Å². The molecule has 2 fully saturated rings. The summed E-state index contributed by atoms with van der Waals surface area (Å²) in [7, 11) is 0. The van der Waals surface area contributed by atoms with Gasteiger partial charge in [-0.05, 0) is 31.6 Å². The Kier molecular flexibility index (Phi) is 3.78. The van der Waals surface area contributed by atoms with Gasteiger partial charge in [0.25, 0.3) is 0 Å². The van der Waals surface area contributed by atoms with E-state index in [0.717, 1.165) is 25.9 Å². The van der Waals surface area contributed by atoms with Gasteiger partial charge in [0.15, 0.2) is 0 Å². The highest BCUT2D eigenvalue weighted by Crippen LogP contribution is 2.33. The molecule has 0 aromatic carbocycles. The van der Waals surface area contributed by atoms with Crippen molar-refractivity contribution in [1.82, 2.24) is 4.90 Å². The van der Waals surface area contributed by atoms with E-state index in [4.69, 9.17) is 10.9 Å². The van der Waals surface area contributed by atoms with Gasteiger partial charge in [0.05, 0.1) is 0 Å². The van der Waals surface area contributed by atoms with Crippen LogP contribution < -0.4 is 5.73 Å². The first-order chi connectivity index (χ1) is 8.55. The van der Waals surface area contributed by atoms with E-state index in [-0.39, 0.29) is 17.2 Å². The van der Waals surface area contributed by atoms with Crippen LogP contribution in [0.15, 0.2) is 5.16 Å². The number of carbonyl (C=O) groups excluding carboxylic acids is 1. The summed E-state index contributed by atoms with van der Waals surface area (Å²) in [5.74, 6) is 1.18. The molecule has 102 valence electrons. The second kappa shape index (κ2) is 5.16. The zero-order valence-electron chi connectivity index (χ0n) is 11.1. The van der Waals surface area contributed by atoms with E-state index in [0.29, 0.717) is 12.3 Å². The molecule has 0 radical (unpaired) electrons. The van der Waals surface area contributed by atoms with Gasteiger partial charge in [-0.1, -0.05) is 18.5 Å². The van der Waals surface area contributed by atoms with Crippen molar-refractivity contribution in [1.29, 1.82) is 0 Å². The van der Waals surface area contributed by atoms with Gasteiger partial charge in [-0.3, -0.25) is 4.79 Å². The van der Waals surface area contributed by atoms with Crippen LogP contribution in [-0.2, 0) is 4.79 Å². The first-order valence-electron chi connectivity index (χ1n) is 6.81. The molecule has 1 aliphatic carbocycles. The average Bonchev–Trinajstić information content (AvgIpc) is 2.33. The summed E-state index contributed by atoms with van der Waals surface area (Å²) in [6.07, 6.45) is 5.96. The van der Waals surface area contributed by atoms with Gasteiger partial charge in [-0.2, -0.15) is 0 Å². The molecule has 5 nitrogen and oxygen atoms in total. The van der Waals surface area contributed by atoms with Gasteiger partial charge in [0.2, 0.25) is 5.91 Å². The Balaban J connectivity index is 1.84. The van der Waals surface area contributed by atoms with Crippen molar-refractivity contribution < 1.29 is 10.0 Å². The fraction of sp³-hybridized carbons (Fsp3) is 0.846. The molecule has 1 saturated heterocycles. The fourth-order valence-corrected chi connectivity index (χ4v) is 2.70. The van der Waals surface area contributed by atoms with Gasteiger partial charge < -0.3 is 15.8 Å². The summed E-state index contributed by atoms with van der Waals surface area (Å²) >= 11 is 0. The third-order valence-electron chi connectivity index (χ3n) is 4.63. The molecule has 2 rings (SSSR count). The summed E-state index contributed by atoms with van der Waals surface area (Å²) < 4.78 is 0. The number of amides is 1. The lowest BCUT2D eigenvalue weighted by molar-refractivity contribution is -0.134. The number of likely N-dealkylation sites (tertiary alicyclic amines) is 1. The van der Waals surface area contributed by atoms with Crippen molar-refractivity contribution in [3.8, 4) is 0 Å². The van der Waals surface area contributed by atoms with Crippen LogP contribution in [0.4, 0.5) is 0 Å². The quantitative estimate of drug-likeness (QED) is 0.346. The van der Waals surface area contributed by atoms with Gasteiger partial charge in [0, 0.05) is 24.9 Å². The molecular weight excluding hydrogens is 230 g/mol. The number of rotatable bonds is 3. The Morgan fingerprint density at radius 3 is 2.50 bits per heavy atom. The summed E-state index contributed by atoms with van der Waals surface area (Å²) in [6.45, 7) is 3.44. The van der Waals surface area contributed by atoms with Crippen LogP contribution in [0.3, 0.4) is 0 Å². The molecular formula is C13H23N3O2. The molecule has 0 spiro atoms. The summed E-state index contributed by atoms with van der Waals surface area (Å²) in [5, 5.41) is 11.9.